The van der Waals surface area contributed by atoms with Crippen molar-refractivity contribution in [3.63, 3.8) is 0 Å². The number of rotatable bonds is 12. The zero-order valence-corrected chi connectivity index (χ0v) is 20.5. The molecule has 0 bridgehead atoms. The number of ether oxygens (including phenoxy) is 3. The topological polar surface area (TPSA) is 170 Å². The lowest BCUT2D eigenvalue weighted by Gasteiger charge is -2.19. The van der Waals surface area contributed by atoms with E-state index in [-0.39, 0.29) is 37.3 Å². The van der Waals surface area contributed by atoms with Crippen molar-refractivity contribution in [2.75, 3.05) is 25.5 Å². The molecule has 3 rings (SSSR count). The molecule has 0 amide bonds. The molecule has 1 aromatic carbocycles. The van der Waals surface area contributed by atoms with Gasteiger partial charge >= 0.3 is 13.8 Å². The smallest absolute Gasteiger partial charge is 0.432 e. The highest BCUT2D eigenvalue weighted by Crippen LogP contribution is 2.49. The first kappa shape index (κ1) is 26.4. The number of carbonyl (C=O) groups is 1. The molecule has 0 aliphatic heterocycles. The number of nitrogen functional groups attached to an aromatic ring is 1. The molecule has 35 heavy (non-hydrogen) atoms. The molecule has 0 aliphatic carbocycles. The van der Waals surface area contributed by atoms with Gasteiger partial charge in [0.2, 0.25) is 12.7 Å². The van der Waals surface area contributed by atoms with Gasteiger partial charge in [0.25, 0.3) is 5.56 Å². The Labute approximate surface area is 201 Å². The second-order valence-corrected chi connectivity index (χ2v) is 9.77. The van der Waals surface area contributed by atoms with Crippen LogP contribution in [0.4, 0.5) is 10.7 Å². The van der Waals surface area contributed by atoms with Gasteiger partial charge in [-0.15, -0.1) is 0 Å². The van der Waals surface area contributed by atoms with Crippen LogP contribution >= 0.6 is 7.60 Å². The Bertz CT molecular complexity index is 1240. The molecule has 0 radical (unpaired) electrons. The van der Waals surface area contributed by atoms with Crippen LogP contribution in [0.5, 0.6) is 0 Å². The number of imidazole rings is 1. The normalized spacial score (nSPS) is 13.1. The lowest BCUT2D eigenvalue weighted by molar-refractivity contribution is -0.0164. The number of carbonyl (C=O) groups excluding carboxylic acids is 1. The number of fused-ring (bicyclic) bond motifs is 1. The molecule has 0 saturated carbocycles. The molecular formula is C21H28N5O8P. The van der Waals surface area contributed by atoms with E-state index >= 15 is 0 Å². The first-order valence-electron chi connectivity index (χ1n) is 10.7. The number of nitrogens with zero attached hydrogens (tertiary/aromatic N) is 3. The Morgan fingerprint density at radius 3 is 2.69 bits per heavy atom. The van der Waals surface area contributed by atoms with E-state index in [4.69, 9.17) is 29.0 Å². The third-order valence-corrected chi connectivity index (χ3v) is 6.05. The Morgan fingerprint density at radius 2 is 1.97 bits per heavy atom. The minimum absolute atomic E-state index is 0.00447. The van der Waals surface area contributed by atoms with E-state index < -0.39 is 32.5 Å². The third-order valence-electron chi connectivity index (χ3n) is 4.53. The van der Waals surface area contributed by atoms with E-state index in [1.165, 1.54) is 6.33 Å². The number of hydrogen-bond acceptors (Lipinski definition) is 11. The molecule has 2 heterocycles. The summed E-state index contributed by atoms with van der Waals surface area (Å²) in [4.78, 5) is 33.9. The number of H-pyrrole nitrogens is 1. The zero-order chi connectivity index (χ0) is 25.4. The Morgan fingerprint density at radius 1 is 1.23 bits per heavy atom. The van der Waals surface area contributed by atoms with Gasteiger partial charge in [0.15, 0.2) is 11.2 Å². The van der Waals surface area contributed by atoms with Crippen molar-refractivity contribution in [3.05, 3.63) is 52.1 Å². The van der Waals surface area contributed by atoms with Crippen LogP contribution in [0.1, 0.15) is 25.0 Å². The lowest BCUT2D eigenvalue weighted by Crippen LogP contribution is -2.16. The fourth-order valence-corrected chi connectivity index (χ4v) is 3.96. The molecule has 1 unspecified atom stereocenters. The van der Waals surface area contributed by atoms with Gasteiger partial charge in [-0.3, -0.25) is 18.9 Å². The number of hydrogen-bond donors (Lipinski definition) is 2. The maximum absolute atomic E-state index is 13.2. The monoisotopic (exact) mass is 509 g/mol. The van der Waals surface area contributed by atoms with Crippen molar-refractivity contribution >= 4 is 30.9 Å². The second kappa shape index (κ2) is 11.9. The van der Waals surface area contributed by atoms with Crippen LogP contribution in [0.2, 0.25) is 0 Å². The summed E-state index contributed by atoms with van der Waals surface area (Å²) in [5, 5.41) is 0. The number of nitrogens with one attached hydrogen (secondary N) is 1. The number of benzene rings is 1. The average molecular weight is 509 g/mol. The zero-order valence-electron chi connectivity index (χ0n) is 19.6. The molecule has 14 heteroatoms. The van der Waals surface area contributed by atoms with Crippen molar-refractivity contribution in [3.8, 4) is 0 Å². The number of nitrogens with two attached hydrogens (primary N) is 1. The highest BCUT2D eigenvalue weighted by molar-refractivity contribution is 7.53. The Balaban J connectivity index is 1.58. The number of aromatic amines is 1. The summed E-state index contributed by atoms with van der Waals surface area (Å²) in [6.45, 7) is 4.93. The van der Waals surface area contributed by atoms with E-state index in [2.05, 4.69) is 15.0 Å². The molecule has 1 atom stereocenters. The minimum Gasteiger partial charge on any atom is -0.432 e. The molecule has 0 spiro atoms. The summed E-state index contributed by atoms with van der Waals surface area (Å²) in [5.41, 5.74) is 7.42. The highest BCUT2D eigenvalue weighted by atomic mass is 31.2. The van der Waals surface area contributed by atoms with Gasteiger partial charge in [-0.25, -0.2) is 9.78 Å². The lowest BCUT2D eigenvalue weighted by atomic mass is 10.2. The fraction of sp³-hybridized carbons (Fsp3) is 0.429. The van der Waals surface area contributed by atoms with E-state index in [9.17, 15) is 14.2 Å². The molecule has 190 valence electrons. The maximum atomic E-state index is 13.2. The van der Waals surface area contributed by atoms with Crippen molar-refractivity contribution in [2.45, 2.75) is 40.0 Å². The molecule has 3 N–H and O–H groups in total. The van der Waals surface area contributed by atoms with Gasteiger partial charge in [0.1, 0.15) is 6.35 Å². The Kier molecular flexibility index (Phi) is 8.99. The predicted octanol–water partition coefficient (Wildman–Crippen LogP) is 2.93. The van der Waals surface area contributed by atoms with Crippen LogP contribution in [0, 0.1) is 6.92 Å². The summed E-state index contributed by atoms with van der Waals surface area (Å²) in [7, 11) is -3.83. The summed E-state index contributed by atoms with van der Waals surface area (Å²) in [6.07, 6.45) is -0.326. The van der Waals surface area contributed by atoms with E-state index in [0.29, 0.717) is 5.65 Å². The van der Waals surface area contributed by atoms with Crippen LogP contribution in [0.15, 0.2) is 35.4 Å². The molecule has 13 nitrogen and oxygen atoms in total. The fourth-order valence-electron chi connectivity index (χ4n) is 2.82. The quantitative estimate of drug-likeness (QED) is 0.159. The standard InChI is InChI=1S/C21H28N5O8P/c1-14(2)34-21(28)31-12-33-35(29,32-10-16-6-4-15(3)5-7-16)13-30-9-8-26-11-23-17-18(26)24-20(22)25-19(17)27/h4-7,11,14H,8-10,12-13H2,1-3H3,(H3,22,24,25,27). The minimum atomic E-state index is -3.83. The molecule has 3 aromatic rings. The summed E-state index contributed by atoms with van der Waals surface area (Å²) < 4.78 is 40.8. The van der Waals surface area contributed by atoms with Gasteiger partial charge in [-0.2, -0.15) is 4.98 Å². The summed E-state index contributed by atoms with van der Waals surface area (Å²) >= 11 is 0. The van der Waals surface area contributed by atoms with Gasteiger partial charge in [-0.1, -0.05) is 29.8 Å². The first-order valence-corrected chi connectivity index (χ1v) is 12.4. The van der Waals surface area contributed by atoms with Crippen LogP contribution in [0.25, 0.3) is 11.2 Å². The number of aryl methyl sites for hydroxylation is 1. The summed E-state index contributed by atoms with van der Waals surface area (Å²) in [5.74, 6) is -0.0384. The molecule has 0 aliphatic rings. The van der Waals surface area contributed by atoms with Crippen molar-refractivity contribution < 1.29 is 32.6 Å². The molecule has 0 fully saturated rings. The van der Waals surface area contributed by atoms with Crippen molar-refractivity contribution in [1.29, 1.82) is 0 Å². The van der Waals surface area contributed by atoms with Crippen molar-refractivity contribution in [1.82, 2.24) is 19.5 Å². The summed E-state index contributed by atoms with van der Waals surface area (Å²) in [6, 6.07) is 7.46. The molecule has 0 saturated heterocycles. The van der Waals surface area contributed by atoms with E-state index in [0.717, 1.165) is 11.1 Å². The van der Waals surface area contributed by atoms with Gasteiger partial charge < -0.3 is 29.0 Å². The largest absolute Gasteiger partial charge is 0.510 e. The van der Waals surface area contributed by atoms with Gasteiger partial charge in [0.05, 0.1) is 25.6 Å². The SMILES string of the molecule is Cc1ccc(COP(=O)(COCCn2cnc3c(=O)[nH]c(N)nc32)OCOC(=O)OC(C)C)cc1. The van der Waals surface area contributed by atoms with E-state index in [1.807, 2.05) is 31.2 Å². The van der Waals surface area contributed by atoms with E-state index in [1.54, 1.807) is 18.4 Å². The predicted molar refractivity (Wildman–Crippen MR) is 126 cm³/mol. The van der Waals surface area contributed by atoms with Crippen LogP contribution in [-0.4, -0.2) is 51.5 Å². The third kappa shape index (κ3) is 7.89. The highest BCUT2D eigenvalue weighted by Gasteiger charge is 2.27. The Hall–Kier alpha value is -3.25. The van der Waals surface area contributed by atoms with Crippen LogP contribution < -0.4 is 11.3 Å². The van der Waals surface area contributed by atoms with Crippen LogP contribution in [0.3, 0.4) is 0 Å². The maximum Gasteiger partial charge on any atom is 0.510 e. The molecular weight excluding hydrogens is 481 g/mol. The second-order valence-electron chi connectivity index (χ2n) is 7.78. The number of anilines is 1. The average Bonchev–Trinajstić information content (AvgIpc) is 3.19. The van der Waals surface area contributed by atoms with Gasteiger partial charge in [-0.05, 0) is 26.3 Å². The van der Waals surface area contributed by atoms with Crippen molar-refractivity contribution in [2.24, 2.45) is 0 Å². The van der Waals surface area contributed by atoms with Gasteiger partial charge in [0, 0.05) is 6.54 Å². The first-order chi connectivity index (χ1) is 16.6. The number of aromatic nitrogens is 4. The van der Waals surface area contributed by atoms with Crippen LogP contribution in [-0.2, 0) is 41.0 Å². The molecule has 2 aromatic heterocycles.